The van der Waals surface area contributed by atoms with Crippen molar-refractivity contribution in [2.24, 2.45) is 0 Å². The van der Waals surface area contributed by atoms with Crippen molar-refractivity contribution >= 4 is 38.6 Å². The van der Waals surface area contributed by atoms with E-state index in [0.717, 1.165) is 14.9 Å². The molecule has 2 aromatic carbocycles. The number of carbonyl (C=O) groups is 1. The predicted molar refractivity (Wildman–Crippen MR) is 117 cm³/mol. The molecule has 152 valence electrons. The zero-order valence-corrected chi connectivity index (χ0v) is 18.2. The van der Waals surface area contributed by atoms with Crippen molar-refractivity contribution in [3.05, 3.63) is 59.6 Å². The van der Waals surface area contributed by atoms with Crippen LogP contribution in [0.4, 0.5) is 11.4 Å². The SMILES string of the molecule is CN(C)c1ccc(S(=O)(=O)N(C)C)cc1NC(=O)c1csc(-c2ccccc2)n1. The van der Waals surface area contributed by atoms with Crippen molar-refractivity contribution in [2.45, 2.75) is 4.90 Å². The quantitative estimate of drug-likeness (QED) is 0.648. The Bertz CT molecular complexity index is 1120. The van der Waals surface area contributed by atoms with Gasteiger partial charge in [-0.15, -0.1) is 11.3 Å². The Morgan fingerprint density at radius 3 is 2.34 bits per heavy atom. The topological polar surface area (TPSA) is 82.6 Å². The Morgan fingerprint density at radius 2 is 1.72 bits per heavy atom. The van der Waals surface area contributed by atoms with Gasteiger partial charge in [0.15, 0.2) is 0 Å². The Hall–Kier alpha value is -2.75. The molecule has 7 nitrogen and oxygen atoms in total. The van der Waals surface area contributed by atoms with Gasteiger partial charge in [0.25, 0.3) is 5.91 Å². The molecule has 3 rings (SSSR count). The largest absolute Gasteiger partial charge is 0.376 e. The van der Waals surface area contributed by atoms with Crippen LogP contribution in [0, 0.1) is 0 Å². The Balaban J connectivity index is 1.92. The number of amides is 1. The molecule has 0 spiro atoms. The van der Waals surface area contributed by atoms with Crippen molar-refractivity contribution in [2.75, 3.05) is 38.4 Å². The number of hydrogen-bond donors (Lipinski definition) is 1. The Labute approximate surface area is 174 Å². The van der Waals surface area contributed by atoms with E-state index in [9.17, 15) is 13.2 Å². The van der Waals surface area contributed by atoms with Gasteiger partial charge in [-0.25, -0.2) is 17.7 Å². The molecule has 1 aromatic heterocycles. The summed E-state index contributed by atoms with van der Waals surface area (Å²) < 4.78 is 26.1. The van der Waals surface area contributed by atoms with Crippen LogP contribution in [0.15, 0.2) is 58.8 Å². The number of sulfonamides is 1. The normalized spacial score (nSPS) is 11.5. The van der Waals surface area contributed by atoms with Gasteiger partial charge in [0.05, 0.1) is 16.3 Å². The fourth-order valence-corrected chi connectivity index (χ4v) is 4.39. The highest BCUT2D eigenvalue weighted by atomic mass is 32.2. The van der Waals surface area contributed by atoms with Gasteiger partial charge < -0.3 is 10.2 Å². The van der Waals surface area contributed by atoms with Crippen molar-refractivity contribution in [3.8, 4) is 10.6 Å². The minimum atomic E-state index is -3.62. The molecular formula is C20H22N4O3S2. The highest BCUT2D eigenvalue weighted by Gasteiger charge is 2.21. The first kappa shape index (κ1) is 21.0. The van der Waals surface area contributed by atoms with E-state index in [2.05, 4.69) is 10.3 Å². The number of benzene rings is 2. The van der Waals surface area contributed by atoms with Gasteiger partial charge in [-0.1, -0.05) is 30.3 Å². The van der Waals surface area contributed by atoms with Crippen LogP contribution in [0.3, 0.4) is 0 Å². The monoisotopic (exact) mass is 430 g/mol. The molecule has 0 saturated carbocycles. The van der Waals surface area contributed by atoms with Crippen LogP contribution >= 0.6 is 11.3 Å². The Morgan fingerprint density at radius 1 is 1.03 bits per heavy atom. The maximum Gasteiger partial charge on any atom is 0.275 e. The van der Waals surface area contributed by atoms with Crippen LogP contribution in [-0.2, 0) is 10.0 Å². The molecule has 29 heavy (non-hydrogen) atoms. The number of thiazole rings is 1. The fraction of sp³-hybridized carbons (Fsp3) is 0.200. The van der Waals surface area contributed by atoms with Gasteiger partial charge in [-0.05, 0) is 18.2 Å². The molecule has 0 fully saturated rings. The van der Waals surface area contributed by atoms with E-state index in [4.69, 9.17) is 0 Å². The van der Waals surface area contributed by atoms with E-state index in [1.165, 1.54) is 37.6 Å². The zero-order chi connectivity index (χ0) is 21.2. The van der Waals surface area contributed by atoms with Gasteiger partial charge in [-0.3, -0.25) is 4.79 Å². The highest BCUT2D eigenvalue weighted by molar-refractivity contribution is 7.89. The third-order valence-electron chi connectivity index (χ3n) is 4.23. The molecule has 3 aromatic rings. The number of nitrogens with zero attached hydrogens (tertiary/aromatic N) is 3. The number of nitrogens with one attached hydrogen (secondary N) is 1. The zero-order valence-electron chi connectivity index (χ0n) is 16.6. The lowest BCUT2D eigenvalue weighted by molar-refractivity contribution is 0.102. The van der Waals surface area contributed by atoms with Gasteiger partial charge in [0, 0.05) is 39.1 Å². The molecule has 0 aliphatic carbocycles. The first-order valence-corrected chi connectivity index (χ1v) is 11.1. The molecular weight excluding hydrogens is 408 g/mol. The smallest absolute Gasteiger partial charge is 0.275 e. The van der Waals surface area contributed by atoms with Gasteiger partial charge in [0.1, 0.15) is 10.7 Å². The van der Waals surface area contributed by atoms with Crippen LogP contribution in [-0.4, -0.2) is 51.8 Å². The maximum absolute atomic E-state index is 12.8. The second kappa shape index (κ2) is 8.32. The van der Waals surface area contributed by atoms with Crippen molar-refractivity contribution in [3.63, 3.8) is 0 Å². The average molecular weight is 431 g/mol. The van der Waals surface area contributed by atoms with Gasteiger partial charge >= 0.3 is 0 Å². The molecule has 0 bridgehead atoms. The van der Waals surface area contributed by atoms with E-state index in [1.807, 2.05) is 44.4 Å². The third kappa shape index (κ3) is 4.47. The molecule has 1 amide bonds. The summed E-state index contributed by atoms with van der Waals surface area (Å²) >= 11 is 1.38. The molecule has 0 atom stereocenters. The average Bonchev–Trinajstić information content (AvgIpc) is 3.18. The Kier molecular flexibility index (Phi) is 6.02. The highest BCUT2D eigenvalue weighted by Crippen LogP contribution is 2.30. The second-order valence-electron chi connectivity index (χ2n) is 6.72. The van der Waals surface area contributed by atoms with Crippen molar-refractivity contribution in [1.82, 2.24) is 9.29 Å². The minimum absolute atomic E-state index is 0.103. The van der Waals surface area contributed by atoms with Crippen LogP contribution < -0.4 is 10.2 Å². The minimum Gasteiger partial charge on any atom is -0.376 e. The molecule has 0 saturated heterocycles. The lowest BCUT2D eigenvalue weighted by atomic mass is 10.2. The number of anilines is 2. The van der Waals surface area contributed by atoms with Crippen LogP contribution in [0.25, 0.3) is 10.6 Å². The van der Waals surface area contributed by atoms with E-state index >= 15 is 0 Å². The maximum atomic E-state index is 12.8. The second-order valence-corrected chi connectivity index (χ2v) is 9.73. The van der Waals surface area contributed by atoms with E-state index in [0.29, 0.717) is 11.4 Å². The molecule has 0 aliphatic heterocycles. The molecule has 1 N–H and O–H groups in total. The van der Waals surface area contributed by atoms with Crippen molar-refractivity contribution in [1.29, 1.82) is 0 Å². The summed E-state index contributed by atoms with van der Waals surface area (Å²) in [5, 5.41) is 5.24. The molecule has 0 radical (unpaired) electrons. The predicted octanol–water partition coefficient (Wildman–Crippen LogP) is 3.38. The van der Waals surface area contributed by atoms with Gasteiger partial charge in [0.2, 0.25) is 10.0 Å². The lowest BCUT2D eigenvalue weighted by Crippen LogP contribution is -2.23. The molecule has 0 unspecified atom stereocenters. The van der Waals surface area contributed by atoms with Crippen LogP contribution in [0.1, 0.15) is 10.5 Å². The fourth-order valence-electron chi connectivity index (χ4n) is 2.65. The molecule has 0 aliphatic rings. The molecule has 1 heterocycles. The van der Waals surface area contributed by atoms with Crippen molar-refractivity contribution < 1.29 is 13.2 Å². The number of rotatable bonds is 6. The summed E-state index contributed by atoms with van der Waals surface area (Å²) in [7, 11) is 2.95. The summed E-state index contributed by atoms with van der Waals surface area (Å²) in [5.41, 5.74) is 2.30. The summed E-state index contributed by atoms with van der Waals surface area (Å²) in [6, 6.07) is 14.3. The number of aromatic nitrogens is 1. The number of carbonyl (C=O) groups excluding carboxylic acids is 1. The summed E-state index contributed by atoms with van der Waals surface area (Å²) in [4.78, 5) is 19.1. The third-order valence-corrected chi connectivity index (χ3v) is 6.94. The standard InChI is InChI=1S/C20H22N4O3S2/c1-23(2)18-11-10-15(29(26,27)24(3)4)12-16(18)21-19(25)17-13-28-20(22-17)14-8-6-5-7-9-14/h5-13H,1-4H3,(H,21,25). The van der Waals surface area contributed by atoms with Crippen LogP contribution in [0.2, 0.25) is 0 Å². The van der Waals surface area contributed by atoms with Gasteiger partial charge in [-0.2, -0.15) is 0 Å². The summed E-state index contributed by atoms with van der Waals surface area (Å²) in [5.74, 6) is -0.397. The van der Waals surface area contributed by atoms with Crippen LogP contribution in [0.5, 0.6) is 0 Å². The molecule has 9 heteroatoms. The first-order valence-electron chi connectivity index (χ1n) is 8.76. The number of hydrogen-bond acceptors (Lipinski definition) is 6. The van der Waals surface area contributed by atoms with E-state index in [-0.39, 0.29) is 10.6 Å². The summed E-state index contributed by atoms with van der Waals surface area (Å²) in [6.07, 6.45) is 0. The lowest BCUT2D eigenvalue weighted by Gasteiger charge is -2.20. The van der Waals surface area contributed by atoms with E-state index < -0.39 is 15.9 Å². The first-order chi connectivity index (χ1) is 13.7. The summed E-state index contributed by atoms with van der Waals surface area (Å²) in [6.45, 7) is 0. The van der Waals surface area contributed by atoms with E-state index in [1.54, 1.807) is 16.3 Å².